The Labute approximate surface area is 102 Å². The van der Waals surface area contributed by atoms with Gasteiger partial charge < -0.3 is 5.11 Å². The van der Waals surface area contributed by atoms with Gasteiger partial charge in [0.1, 0.15) is 5.75 Å². The Morgan fingerprint density at radius 1 is 1.12 bits per heavy atom. The van der Waals surface area contributed by atoms with Crippen LogP contribution in [0.5, 0.6) is 5.75 Å². The van der Waals surface area contributed by atoms with Gasteiger partial charge in [0.15, 0.2) is 0 Å². The second-order valence-electron chi connectivity index (χ2n) is 3.35. The minimum absolute atomic E-state index is 0.207. The fourth-order valence-electron chi connectivity index (χ4n) is 1.50. The third-order valence-electron chi connectivity index (χ3n) is 2.26. The third-order valence-corrected chi connectivity index (χ3v) is 2.75. The van der Waals surface area contributed by atoms with Crippen molar-refractivity contribution >= 4 is 15.9 Å². The highest BCUT2D eigenvalue weighted by Gasteiger charge is 2.05. The maximum atomic E-state index is 9.75. The summed E-state index contributed by atoms with van der Waals surface area (Å²) in [5, 5.41) is 18.6. The van der Waals surface area contributed by atoms with Crippen molar-refractivity contribution in [1.29, 1.82) is 5.26 Å². The van der Waals surface area contributed by atoms with E-state index in [4.69, 9.17) is 5.26 Å². The van der Waals surface area contributed by atoms with Crippen LogP contribution >= 0.6 is 15.9 Å². The minimum atomic E-state index is 0.207. The van der Waals surface area contributed by atoms with Gasteiger partial charge in [-0.05, 0) is 35.9 Å². The van der Waals surface area contributed by atoms with E-state index in [-0.39, 0.29) is 5.75 Å². The number of nitrogens with zero attached hydrogens (tertiary/aromatic N) is 1. The van der Waals surface area contributed by atoms with Crippen molar-refractivity contribution in [3.05, 3.63) is 52.5 Å². The van der Waals surface area contributed by atoms with Crippen LogP contribution in [-0.2, 0) is 0 Å². The standard InChI is InChI=1S/C13H8BrNO/c14-11-4-5-13(16)12(7-11)10-3-1-2-9(6-10)8-15/h1-7,16H. The second-order valence-corrected chi connectivity index (χ2v) is 4.27. The van der Waals surface area contributed by atoms with Crippen LogP contribution in [0.4, 0.5) is 0 Å². The molecule has 2 aromatic rings. The molecular weight excluding hydrogens is 266 g/mol. The molecule has 1 N–H and O–H groups in total. The highest BCUT2D eigenvalue weighted by atomic mass is 79.9. The summed E-state index contributed by atoms with van der Waals surface area (Å²) in [6, 6.07) is 14.4. The quantitative estimate of drug-likeness (QED) is 0.861. The molecule has 0 amide bonds. The maximum Gasteiger partial charge on any atom is 0.123 e. The van der Waals surface area contributed by atoms with E-state index < -0.39 is 0 Å². The van der Waals surface area contributed by atoms with Gasteiger partial charge in [-0.25, -0.2) is 0 Å². The lowest BCUT2D eigenvalue weighted by Gasteiger charge is -2.05. The molecule has 0 fully saturated rings. The average molecular weight is 274 g/mol. The molecule has 0 atom stereocenters. The maximum absolute atomic E-state index is 9.75. The van der Waals surface area contributed by atoms with Gasteiger partial charge in [0, 0.05) is 10.0 Å². The Hall–Kier alpha value is -1.79. The van der Waals surface area contributed by atoms with E-state index in [1.165, 1.54) is 0 Å². The Bertz CT molecular complexity index is 572. The lowest BCUT2D eigenvalue weighted by Crippen LogP contribution is -1.81. The average Bonchev–Trinajstić information content (AvgIpc) is 2.32. The SMILES string of the molecule is N#Cc1cccc(-c2cc(Br)ccc2O)c1. The van der Waals surface area contributed by atoms with Crippen LogP contribution in [0.3, 0.4) is 0 Å². The summed E-state index contributed by atoms with van der Waals surface area (Å²) in [7, 11) is 0. The lowest BCUT2D eigenvalue weighted by molar-refractivity contribution is 0.477. The number of rotatable bonds is 1. The summed E-state index contributed by atoms with van der Waals surface area (Å²) in [4.78, 5) is 0. The fourth-order valence-corrected chi connectivity index (χ4v) is 1.86. The smallest absolute Gasteiger partial charge is 0.123 e. The van der Waals surface area contributed by atoms with Gasteiger partial charge in [-0.3, -0.25) is 0 Å². The van der Waals surface area contributed by atoms with Crippen LogP contribution in [0, 0.1) is 11.3 Å². The first kappa shape index (κ1) is 10.7. The molecule has 0 heterocycles. The molecule has 0 unspecified atom stereocenters. The van der Waals surface area contributed by atoms with Crippen molar-refractivity contribution in [2.45, 2.75) is 0 Å². The first-order valence-electron chi connectivity index (χ1n) is 4.70. The van der Waals surface area contributed by atoms with E-state index in [9.17, 15) is 5.11 Å². The molecule has 0 saturated carbocycles. The number of phenols is 1. The Kier molecular flexibility index (Phi) is 2.93. The number of nitriles is 1. The van der Waals surface area contributed by atoms with Crippen molar-refractivity contribution in [2.24, 2.45) is 0 Å². The molecule has 2 rings (SSSR count). The molecule has 0 radical (unpaired) electrons. The van der Waals surface area contributed by atoms with Crippen LogP contribution < -0.4 is 0 Å². The topological polar surface area (TPSA) is 44.0 Å². The molecule has 3 heteroatoms. The molecule has 0 saturated heterocycles. The summed E-state index contributed by atoms with van der Waals surface area (Å²) in [6.07, 6.45) is 0. The van der Waals surface area contributed by atoms with E-state index in [1.807, 2.05) is 12.1 Å². The zero-order valence-corrected chi connectivity index (χ0v) is 9.90. The largest absolute Gasteiger partial charge is 0.507 e. The second kappa shape index (κ2) is 4.38. The molecule has 0 aliphatic rings. The Balaban J connectivity index is 2.58. The predicted octanol–water partition coefficient (Wildman–Crippen LogP) is 3.69. The number of hydrogen-bond donors (Lipinski definition) is 1. The molecule has 2 aromatic carbocycles. The van der Waals surface area contributed by atoms with Crippen LogP contribution in [0.25, 0.3) is 11.1 Å². The van der Waals surface area contributed by atoms with Crippen molar-refractivity contribution < 1.29 is 5.11 Å². The van der Waals surface area contributed by atoms with E-state index in [1.54, 1.807) is 30.3 Å². The van der Waals surface area contributed by atoms with Gasteiger partial charge in [0.25, 0.3) is 0 Å². The molecule has 0 aliphatic carbocycles. The molecule has 2 nitrogen and oxygen atoms in total. The minimum Gasteiger partial charge on any atom is -0.507 e. The van der Waals surface area contributed by atoms with E-state index >= 15 is 0 Å². The normalized spacial score (nSPS) is 9.75. The van der Waals surface area contributed by atoms with Gasteiger partial charge in [-0.2, -0.15) is 5.26 Å². The summed E-state index contributed by atoms with van der Waals surface area (Å²) in [5.74, 6) is 0.207. The molecule has 0 bridgehead atoms. The molecular formula is C13H8BrNO. The van der Waals surface area contributed by atoms with Crippen LogP contribution in [0.15, 0.2) is 46.9 Å². The number of aromatic hydroxyl groups is 1. The molecule has 16 heavy (non-hydrogen) atoms. The molecule has 0 aromatic heterocycles. The van der Waals surface area contributed by atoms with Gasteiger partial charge in [0.2, 0.25) is 0 Å². The third kappa shape index (κ3) is 2.07. The van der Waals surface area contributed by atoms with Crippen LogP contribution in [-0.4, -0.2) is 5.11 Å². The van der Waals surface area contributed by atoms with Crippen molar-refractivity contribution in [3.63, 3.8) is 0 Å². The van der Waals surface area contributed by atoms with E-state index in [0.717, 1.165) is 10.0 Å². The zero-order valence-electron chi connectivity index (χ0n) is 8.31. The molecule has 78 valence electrons. The van der Waals surface area contributed by atoms with Gasteiger partial charge in [-0.1, -0.05) is 28.1 Å². The summed E-state index contributed by atoms with van der Waals surface area (Å²) in [5.41, 5.74) is 2.13. The van der Waals surface area contributed by atoms with E-state index in [0.29, 0.717) is 11.1 Å². The zero-order chi connectivity index (χ0) is 11.5. The Morgan fingerprint density at radius 2 is 1.94 bits per heavy atom. The number of hydrogen-bond acceptors (Lipinski definition) is 2. The molecule has 0 aliphatic heterocycles. The summed E-state index contributed by atoms with van der Waals surface area (Å²) < 4.78 is 0.891. The molecule has 0 spiro atoms. The number of halogens is 1. The first-order chi connectivity index (χ1) is 7.70. The lowest BCUT2D eigenvalue weighted by atomic mass is 10.0. The number of benzene rings is 2. The van der Waals surface area contributed by atoms with Gasteiger partial charge in [0.05, 0.1) is 11.6 Å². The highest BCUT2D eigenvalue weighted by Crippen LogP contribution is 2.31. The number of phenolic OH excluding ortho intramolecular Hbond substituents is 1. The summed E-state index contributed by atoms with van der Waals surface area (Å²) in [6.45, 7) is 0. The van der Waals surface area contributed by atoms with E-state index in [2.05, 4.69) is 22.0 Å². The fraction of sp³-hybridized carbons (Fsp3) is 0. The van der Waals surface area contributed by atoms with Crippen LogP contribution in [0.1, 0.15) is 5.56 Å². The van der Waals surface area contributed by atoms with Crippen molar-refractivity contribution in [3.8, 4) is 22.9 Å². The highest BCUT2D eigenvalue weighted by molar-refractivity contribution is 9.10. The summed E-state index contributed by atoms with van der Waals surface area (Å²) >= 11 is 3.35. The monoisotopic (exact) mass is 273 g/mol. The van der Waals surface area contributed by atoms with Crippen molar-refractivity contribution in [2.75, 3.05) is 0 Å². The van der Waals surface area contributed by atoms with Crippen molar-refractivity contribution in [1.82, 2.24) is 0 Å². The Morgan fingerprint density at radius 3 is 2.69 bits per heavy atom. The predicted molar refractivity (Wildman–Crippen MR) is 66.0 cm³/mol. The van der Waals surface area contributed by atoms with Gasteiger partial charge in [-0.15, -0.1) is 0 Å². The first-order valence-corrected chi connectivity index (χ1v) is 5.49. The van der Waals surface area contributed by atoms with Crippen LogP contribution in [0.2, 0.25) is 0 Å². The van der Waals surface area contributed by atoms with Gasteiger partial charge >= 0.3 is 0 Å².